The molecular weight excluding hydrogens is 252 g/mol. The zero-order valence-corrected chi connectivity index (χ0v) is 11.5. The van der Waals surface area contributed by atoms with Gasteiger partial charge in [-0.05, 0) is 36.2 Å². The molecule has 0 aromatic heterocycles. The van der Waals surface area contributed by atoms with Crippen molar-refractivity contribution in [3.63, 3.8) is 0 Å². The minimum Gasteiger partial charge on any atom is -0.399 e. The largest absolute Gasteiger partial charge is 0.399 e. The van der Waals surface area contributed by atoms with E-state index in [0.29, 0.717) is 12.2 Å². The van der Waals surface area contributed by atoms with Crippen molar-refractivity contribution in [1.82, 2.24) is 0 Å². The van der Waals surface area contributed by atoms with Crippen LogP contribution in [0, 0.1) is 6.92 Å². The second-order valence-corrected chi connectivity index (χ2v) is 4.84. The summed E-state index contributed by atoms with van der Waals surface area (Å²) in [5.41, 5.74) is 10.7. The monoisotopic (exact) mass is 272 g/mol. The highest BCUT2D eigenvalue weighted by Gasteiger charge is 2.09. The van der Waals surface area contributed by atoms with E-state index in [9.17, 15) is 5.11 Å². The van der Waals surface area contributed by atoms with Crippen LogP contribution in [0.15, 0.2) is 42.5 Å². The number of nitrogen functional groups attached to an aromatic ring is 1. The van der Waals surface area contributed by atoms with Crippen molar-refractivity contribution >= 4 is 11.4 Å². The van der Waals surface area contributed by atoms with Gasteiger partial charge in [-0.15, -0.1) is 0 Å². The lowest BCUT2D eigenvalue weighted by Gasteiger charge is -2.16. The number of nitrogens with two attached hydrogens (primary N) is 1. The Hall–Kier alpha value is -2.04. The molecule has 2 aromatic carbocycles. The van der Waals surface area contributed by atoms with E-state index in [1.54, 1.807) is 0 Å². The van der Waals surface area contributed by atoms with E-state index in [2.05, 4.69) is 5.32 Å². The Bertz CT molecular complexity index is 584. The van der Waals surface area contributed by atoms with Gasteiger partial charge >= 0.3 is 0 Å². The summed E-state index contributed by atoms with van der Waals surface area (Å²) < 4.78 is 0. The lowest BCUT2D eigenvalue weighted by molar-refractivity contribution is 0.105. The van der Waals surface area contributed by atoms with Gasteiger partial charge in [0.15, 0.2) is 0 Å². The van der Waals surface area contributed by atoms with Crippen molar-refractivity contribution < 1.29 is 10.2 Å². The Morgan fingerprint density at radius 1 is 1.15 bits per heavy atom. The maximum absolute atomic E-state index is 9.45. The van der Waals surface area contributed by atoms with Crippen molar-refractivity contribution in [2.45, 2.75) is 13.0 Å². The molecule has 0 aliphatic carbocycles. The summed E-state index contributed by atoms with van der Waals surface area (Å²) in [6.07, 6.45) is -0.780. The minimum absolute atomic E-state index is 0.262. The topological polar surface area (TPSA) is 78.5 Å². The van der Waals surface area contributed by atoms with Gasteiger partial charge in [0.1, 0.15) is 0 Å². The van der Waals surface area contributed by atoms with Crippen LogP contribution in [0.4, 0.5) is 11.4 Å². The number of aliphatic hydroxyl groups excluding tert-OH is 2. The minimum atomic E-state index is -0.780. The number of benzene rings is 2. The van der Waals surface area contributed by atoms with Crippen molar-refractivity contribution in [2.75, 3.05) is 24.2 Å². The van der Waals surface area contributed by atoms with Crippen molar-refractivity contribution in [2.24, 2.45) is 0 Å². The van der Waals surface area contributed by atoms with E-state index < -0.39 is 6.10 Å². The van der Waals surface area contributed by atoms with E-state index in [1.165, 1.54) is 0 Å². The predicted molar refractivity (Wildman–Crippen MR) is 82.6 cm³/mol. The van der Waals surface area contributed by atoms with Gasteiger partial charge in [-0.25, -0.2) is 0 Å². The predicted octanol–water partition coefficient (Wildman–Crippen LogP) is 2.01. The molecule has 0 heterocycles. The molecule has 0 fully saturated rings. The summed E-state index contributed by atoms with van der Waals surface area (Å²) in [6.45, 7) is 2.08. The Labute approximate surface area is 118 Å². The number of hydrogen-bond donors (Lipinski definition) is 4. The van der Waals surface area contributed by atoms with E-state index >= 15 is 0 Å². The fourth-order valence-corrected chi connectivity index (χ4v) is 2.11. The molecule has 4 nitrogen and oxygen atoms in total. The molecule has 1 atom stereocenters. The first kappa shape index (κ1) is 14.4. The molecule has 0 spiro atoms. The van der Waals surface area contributed by atoms with Crippen LogP contribution in [0.5, 0.6) is 0 Å². The Morgan fingerprint density at radius 2 is 1.90 bits per heavy atom. The molecule has 4 heteroatoms. The van der Waals surface area contributed by atoms with Crippen LogP contribution in [0.25, 0.3) is 11.1 Å². The van der Waals surface area contributed by atoms with Crippen LogP contribution in [0.1, 0.15) is 5.56 Å². The van der Waals surface area contributed by atoms with Crippen LogP contribution in [0.3, 0.4) is 0 Å². The molecule has 20 heavy (non-hydrogen) atoms. The third-order valence-electron chi connectivity index (χ3n) is 3.22. The zero-order chi connectivity index (χ0) is 14.5. The summed E-state index contributed by atoms with van der Waals surface area (Å²) >= 11 is 0. The highest BCUT2D eigenvalue weighted by Crippen LogP contribution is 2.32. The fraction of sp³-hybridized carbons (Fsp3) is 0.250. The van der Waals surface area contributed by atoms with Gasteiger partial charge in [0.2, 0.25) is 0 Å². The molecule has 0 amide bonds. The fourth-order valence-electron chi connectivity index (χ4n) is 2.11. The van der Waals surface area contributed by atoms with Crippen molar-refractivity contribution in [3.8, 4) is 11.1 Å². The SMILES string of the molecule is Cc1ccccc1-c1cc(N)ccc1NCC(O)CO. The Balaban J connectivity index is 2.36. The molecule has 0 aliphatic heterocycles. The number of aliphatic hydroxyl groups is 2. The van der Waals surface area contributed by atoms with E-state index in [1.807, 2.05) is 49.4 Å². The van der Waals surface area contributed by atoms with Gasteiger partial charge in [0, 0.05) is 23.5 Å². The molecule has 0 radical (unpaired) electrons. The highest BCUT2D eigenvalue weighted by molar-refractivity contribution is 5.82. The van der Waals surface area contributed by atoms with Gasteiger partial charge in [-0.3, -0.25) is 0 Å². The normalized spacial score (nSPS) is 12.2. The Kier molecular flexibility index (Phi) is 4.61. The average Bonchev–Trinajstić information content (AvgIpc) is 2.46. The van der Waals surface area contributed by atoms with E-state index in [0.717, 1.165) is 22.4 Å². The van der Waals surface area contributed by atoms with Gasteiger partial charge < -0.3 is 21.3 Å². The molecule has 0 saturated heterocycles. The summed E-state index contributed by atoms with van der Waals surface area (Å²) in [6, 6.07) is 13.7. The summed E-state index contributed by atoms with van der Waals surface area (Å²) in [5.74, 6) is 0. The first-order valence-electron chi connectivity index (χ1n) is 6.60. The Morgan fingerprint density at radius 3 is 2.60 bits per heavy atom. The number of nitrogens with one attached hydrogen (secondary N) is 1. The zero-order valence-electron chi connectivity index (χ0n) is 11.5. The highest BCUT2D eigenvalue weighted by atomic mass is 16.3. The van der Waals surface area contributed by atoms with Crippen LogP contribution in [-0.4, -0.2) is 29.5 Å². The second kappa shape index (κ2) is 6.41. The molecule has 0 bridgehead atoms. The van der Waals surface area contributed by atoms with Crippen LogP contribution in [-0.2, 0) is 0 Å². The number of anilines is 2. The van der Waals surface area contributed by atoms with Gasteiger partial charge in [-0.1, -0.05) is 24.3 Å². The van der Waals surface area contributed by atoms with Crippen molar-refractivity contribution in [3.05, 3.63) is 48.0 Å². The molecule has 106 valence electrons. The lowest BCUT2D eigenvalue weighted by atomic mass is 9.98. The summed E-state index contributed by atoms with van der Waals surface area (Å²) in [4.78, 5) is 0. The molecule has 5 N–H and O–H groups in total. The third kappa shape index (κ3) is 3.29. The maximum Gasteiger partial charge on any atom is 0.0942 e. The number of aryl methyl sites for hydroxylation is 1. The molecule has 2 aromatic rings. The molecular formula is C16H20N2O2. The van der Waals surface area contributed by atoms with Gasteiger partial charge in [-0.2, -0.15) is 0 Å². The van der Waals surface area contributed by atoms with Gasteiger partial charge in [0.05, 0.1) is 12.7 Å². The molecule has 2 rings (SSSR count). The van der Waals surface area contributed by atoms with Crippen molar-refractivity contribution in [1.29, 1.82) is 0 Å². The summed E-state index contributed by atoms with van der Waals surface area (Å²) in [5, 5.41) is 21.5. The van der Waals surface area contributed by atoms with Gasteiger partial charge in [0.25, 0.3) is 0 Å². The molecule has 1 unspecified atom stereocenters. The number of rotatable bonds is 5. The first-order chi connectivity index (χ1) is 9.61. The molecule has 0 saturated carbocycles. The maximum atomic E-state index is 9.45. The van der Waals surface area contributed by atoms with Crippen LogP contribution >= 0.6 is 0 Å². The van der Waals surface area contributed by atoms with E-state index in [-0.39, 0.29) is 6.61 Å². The van der Waals surface area contributed by atoms with E-state index in [4.69, 9.17) is 10.8 Å². The standard InChI is InChI=1S/C16H20N2O2/c1-11-4-2-3-5-14(11)15-8-12(17)6-7-16(15)18-9-13(20)10-19/h2-8,13,18-20H,9-10,17H2,1H3. The first-order valence-corrected chi connectivity index (χ1v) is 6.60. The summed E-state index contributed by atoms with van der Waals surface area (Å²) in [7, 11) is 0. The smallest absolute Gasteiger partial charge is 0.0942 e. The number of hydrogen-bond acceptors (Lipinski definition) is 4. The van der Waals surface area contributed by atoms with Crippen LogP contribution < -0.4 is 11.1 Å². The average molecular weight is 272 g/mol. The third-order valence-corrected chi connectivity index (χ3v) is 3.22. The second-order valence-electron chi connectivity index (χ2n) is 4.84. The quantitative estimate of drug-likeness (QED) is 0.628. The van der Waals surface area contributed by atoms with Crippen LogP contribution in [0.2, 0.25) is 0 Å². The lowest BCUT2D eigenvalue weighted by Crippen LogP contribution is -2.23. The molecule has 0 aliphatic rings.